The van der Waals surface area contributed by atoms with Crippen molar-refractivity contribution in [2.75, 3.05) is 12.8 Å². The van der Waals surface area contributed by atoms with E-state index in [1.54, 1.807) is 6.92 Å². The molecule has 1 aliphatic heterocycles. The summed E-state index contributed by atoms with van der Waals surface area (Å²) in [5, 5.41) is 0. The van der Waals surface area contributed by atoms with Crippen molar-refractivity contribution in [3.8, 4) is 0 Å². The third-order valence-corrected chi connectivity index (χ3v) is 3.82. The van der Waals surface area contributed by atoms with Crippen LogP contribution in [0.1, 0.15) is 13.3 Å². The minimum absolute atomic E-state index is 0.0382. The van der Waals surface area contributed by atoms with Gasteiger partial charge in [0.1, 0.15) is 0 Å². The fourth-order valence-electron chi connectivity index (χ4n) is 1.11. The number of amides is 1. The Morgan fingerprint density at radius 3 is 2.55 bits per heavy atom. The van der Waals surface area contributed by atoms with E-state index in [4.69, 9.17) is 0 Å². The van der Waals surface area contributed by atoms with Crippen LogP contribution in [-0.2, 0) is 14.8 Å². The highest BCUT2D eigenvalue weighted by molar-refractivity contribution is 7.89. The molecule has 1 heterocycles. The molecule has 0 aliphatic carbocycles. The second kappa shape index (κ2) is 2.48. The topological polar surface area (TPSA) is 54.5 Å². The minimum atomic E-state index is -3.28. The van der Waals surface area contributed by atoms with Gasteiger partial charge in [0, 0.05) is 13.5 Å². The smallest absolute Gasteiger partial charge is 0.237 e. The molecule has 1 fully saturated rings. The Morgan fingerprint density at radius 1 is 1.55 bits per heavy atom. The van der Waals surface area contributed by atoms with Crippen molar-refractivity contribution >= 4 is 15.9 Å². The number of nitrogens with zero attached hydrogens (tertiary/aromatic N) is 1. The lowest BCUT2D eigenvalue weighted by Gasteiger charge is -2.25. The third kappa shape index (κ3) is 1.53. The molecule has 64 valence electrons. The average molecular weight is 177 g/mol. The molecule has 0 radical (unpaired) electrons. The SMILES string of the molecule is CC1CC(=O)N(C)S(=O)(=O)C1. The van der Waals surface area contributed by atoms with E-state index in [0.29, 0.717) is 6.42 Å². The predicted octanol–water partition coefficient (Wildman–Crippen LogP) is -0.186. The predicted molar refractivity (Wildman–Crippen MR) is 40.3 cm³/mol. The van der Waals surface area contributed by atoms with E-state index >= 15 is 0 Å². The molecule has 1 amide bonds. The molecule has 0 saturated carbocycles. The lowest BCUT2D eigenvalue weighted by atomic mass is 10.1. The van der Waals surface area contributed by atoms with Gasteiger partial charge in [-0.3, -0.25) is 4.79 Å². The van der Waals surface area contributed by atoms with Gasteiger partial charge in [-0.1, -0.05) is 6.92 Å². The number of carbonyl (C=O) groups is 1. The molecule has 0 bridgehead atoms. The number of hydrogen-bond donors (Lipinski definition) is 0. The molecule has 0 aromatic rings. The molecule has 0 aromatic carbocycles. The summed E-state index contributed by atoms with van der Waals surface area (Å²) in [4.78, 5) is 11.0. The monoisotopic (exact) mass is 177 g/mol. The van der Waals surface area contributed by atoms with Crippen molar-refractivity contribution in [2.24, 2.45) is 5.92 Å². The van der Waals surface area contributed by atoms with Gasteiger partial charge in [-0.15, -0.1) is 0 Å². The lowest BCUT2D eigenvalue weighted by Crippen LogP contribution is -2.42. The Kier molecular flexibility index (Phi) is 1.92. The summed E-state index contributed by atoms with van der Waals surface area (Å²) in [6.45, 7) is 1.77. The van der Waals surface area contributed by atoms with Gasteiger partial charge < -0.3 is 0 Å². The first kappa shape index (κ1) is 8.52. The zero-order valence-electron chi connectivity index (χ0n) is 6.57. The highest BCUT2D eigenvalue weighted by Gasteiger charge is 2.32. The standard InChI is InChI=1S/C6H11NO3S/c1-5-3-6(8)7(2)11(9,10)4-5/h5H,3-4H2,1-2H3. The van der Waals surface area contributed by atoms with Crippen LogP contribution in [0.15, 0.2) is 0 Å². The van der Waals surface area contributed by atoms with Gasteiger partial charge in [-0.25, -0.2) is 12.7 Å². The van der Waals surface area contributed by atoms with Crippen LogP contribution in [0.3, 0.4) is 0 Å². The van der Waals surface area contributed by atoms with Crippen LogP contribution >= 0.6 is 0 Å². The van der Waals surface area contributed by atoms with Gasteiger partial charge in [0.05, 0.1) is 5.75 Å². The van der Waals surface area contributed by atoms with E-state index in [1.165, 1.54) is 7.05 Å². The van der Waals surface area contributed by atoms with Crippen LogP contribution in [-0.4, -0.2) is 31.4 Å². The number of hydrogen-bond acceptors (Lipinski definition) is 3. The summed E-state index contributed by atoms with van der Waals surface area (Å²) >= 11 is 0. The second-order valence-electron chi connectivity index (χ2n) is 2.95. The fourth-order valence-corrected chi connectivity index (χ4v) is 2.56. The van der Waals surface area contributed by atoms with E-state index in [1.807, 2.05) is 0 Å². The van der Waals surface area contributed by atoms with Crippen molar-refractivity contribution in [3.05, 3.63) is 0 Å². The van der Waals surface area contributed by atoms with E-state index < -0.39 is 10.0 Å². The normalized spacial score (nSPS) is 30.5. The van der Waals surface area contributed by atoms with Gasteiger partial charge in [-0.2, -0.15) is 0 Å². The lowest BCUT2D eigenvalue weighted by molar-refractivity contribution is -0.126. The second-order valence-corrected chi connectivity index (χ2v) is 4.99. The van der Waals surface area contributed by atoms with Crippen molar-refractivity contribution in [1.29, 1.82) is 0 Å². The Labute approximate surface area is 66.2 Å². The molecule has 5 heteroatoms. The molecule has 0 N–H and O–H groups in total. The maximum Gasteiger partial charge on any atom is 0.237 e. The van der Waals surface area contributed by atoms with Crippen molar-refractivity contribution in [2.45, 2.75) is 13.3 Å². The molecular weight excluding hydrogens is 166 g/mol. The number of sulfonamides is 1. The molecule has 1 aliphatic rings. The molecular formula is C6H11NO3S. The first-order valence-electron chi connectivity index (χ1n) is 3.43. The summed E-state index contributed by atoms with van der Waals surface area (Å²) in [6.07, 6.45) is 0.343. The highest BCUT2D eigenvalue weighted by Crippen LogP contribution is 2.17. The number of carbonyl (C=O) groups excluding carboxylic acids is 1. The highest BCUT2D eigenvalue weighted by atomic mass is 32.2. The van der Waals surface area contributed by atoms with E-state index in [0.717, 1.165) is 4.31 Å². The van der Waals surface area contributed by atoms with Crippen LogP contribution in [0.2, 0.25) is 0 Å². The zero-order chi connectivity index (χ0) is 8.65. The fraction of sp³-hybridized carbons (Fsp3) is 0.833. The van der Waals surface area contributed by atoms with Gasteiger partial charge in [-0.05, 0) is 5.92 Å². The van der Waals surface area contributed by atoms with Crippen molar-refractivity contribution in [3.63, 3.8) is 0 Å². The van der Waals surface area contributed by atoms with Crippen LogP contribution in [0, 0.1) is 5.92 Å². The zero-order valence-corrected chi connectivity index (χ0v) is 7.39. The summed E-state index contributed by atoms with van der Waals surface area (Å²) < 4.78 is 23.1. The van der Waals surface area contributed by atoms with Crippen LogP contribution < -0.4 is 0 Å². The Balaban J connectivity index is 2.93. The van der Waals surface area contributed by atoms with Gasteiger partial charge >= 0.3 is 0 Å². The molecule has 4 nitrogen and oxygen atoms in total. The van der Waals surface area contributed by atoms with Crippen LogP contribution in [0.5, 0.6) is 0 Å². The summed E-state index contributed by atoms with van der Waals surface area (Å²) in [5.41, 5.74) is 0. The molecule has 11 heavy (non-hydrogen) atoms. The number of rotatable bonds is 0. The Morgan fingerprint density at radius 2 is 2.09 bits per heavy atom. The minimum Gasteiger partial charge on any atom is -0.274 e. The summed E-state index contributed by atoms with van der Waals surface area (Å²) in [6, 6.07) is 0. The first-order chi connectivity index (χ1) is 4.93. The molecule has 1 atom stereocenters. The largest absolute Gasteiger partial charge is 0.274 e. The van der Waals surface area contributed by atoms with Gasteiger partial charge in [0.2, 0.25) is 15.9 Å². The molecule has 1 rings (SSSR count). The van der Waals surface area contributed by atoms with Gasteiger partial charge in [0.25, 0.3) is 0 Å². The maximum absolute atomic E-state index is 11.1. The first-order valence-corrected chi connectivity index (χ1v) is 5.04. The van der Waals surface area contributed by atoms with Crippen LogP contribution in [0.4, 0.5) is 0 Å². The third-order valence-electron chi connectivity index (χ3n) is 1.79. The maximum atomic E-state index is 11.1. The average Bonchev–Trinajstić information content (AvgIpc) is 1.81. The van der Waals surface area contributed by atoms with Crippen LogP contribution in [0.25, 0.3) is 0 Å². The molecule has 0 aromatic heterocycles. The van der Waals surface area contributed by atoms with E-state index in [2.05, 4.69) is 0 Å². The van der Waals surface area contributed by atoms with E-state index in [-0.39, 0.29) is 17.6 Å². The molecule has 1 saturated heterocycles. The quantitative estimate of drug-likeness (QED) is 0.515. The molecule has 1 unspecified atom stereocenters. The van der Waals surface area contributed by atoms with Gasteiger partial charge in [0.15, 0.2) is 0 Å². The Hall–Kier alpha value is -0.580. The van der Waals surface area contributed by atoms with Crippen molar-refractivity contribution in [1.82, 2.24) is 4.31 Å². The Bertz CT molecular complexity index is 270. The van der Waals surface area contributed by atoms with E-state index in [9.17, 15) is 13.2 Å². The summed E-state index contributed by atoms with van der Waals surface area (Å²) in [7, 11) is -1.97. The summed E-state index contributed by atoms with van der Waals surface area (Å²) in [5.74, 6) is -0.248. The van der Waals surface area contributed by atoms with Crippen molar-refractivity contribution < 1.29 is 13.2 Å². The molecule has 0 spiro atoms.